The molecule has 2 aromatic rings. The number of aromatic amines is 1. The van der Waals surface area contributed by atoms with Crippen molar-refractivity contribution in [3.05, 3.63) is 53.9 Å². The Labute approximate surface area is 122 Å². The standard InChI is InChI=1S/C16H17NO4/c1-12-5-2-3-7-15(12)20-10-8-16(19)21-11-14(18)13-6-4-9-17-13/h2-7,9,17H,8,10-11H2,1H3. The first kappa shape index (κ1) is 14.8. The maximum atomic E-state index is 11.6. The second-order valence-corrected chi connectivity index (χ2v) is 4.53. The van der Waals surface area contributed by atoms with Crippen molar-refractivity contribution in [3.63, 3.8) is 0 Å². The van der Waals surface area contributed by atoms with E-state index in [4.69, 9.17) is 9.47 Å². The Morgan fingerprint density at radius 3 is 2.67 bits per heavy atom. The lowest BCUT2D eigenvalue weighted by molar-refractivity contribution is -0.143. The average molecular weight is 287 g/mol. The summed E-state index contributed by atoms with van der Waals surface area (Å²) in [6.45, 7) is 1.90. The van der Waals surface area contributed by atoms with E-state index in [0.717, 1.165) is 11.3 Å². The van der Waals surface area contributed by atoms with Crippen LogP contribution in [0.5, 0.6) is 5.75 Å². The molecule has 0 atom stereocenters. The molecule has 1 aromatic heterocycles. The number of para-hydroxylation sites is 1. The smallest absolute Gasteiger partial charge is 0.309 e. The van der Waals surface area contributed by atoms with E-state index in [2.05, 4.69) is 4.98 Å². The molecule has 0 saturated heterocycles. The molecule has 0 radical (unpaired) electrons. The van der Waals surface area contributed by atoms with Crippen LogP contribution in [0.2, 0.25) is 0 Å². The van der Waals surface area contributed by atoms with Crippen LogP contribution in [0.3, 0.4) is 0 Å². The molecule has 110 valence electrons. The minimum atomic E-state index is -0.455. The Bertz CT molecular complexity index is 604. The topological polar surface area (TPSA) is 68.4 Å². The molecule has 1 N–H and O–H groups in total. The van der Waals surface area contributed by atoms with Gasteiger partial charge >= 0.3 is 5.97 Å². The van der Waals surface area contributed by atoms with Crippen molar-refractivity contribution in [3.8, 4) is 5.75 Å². The lowest BCUT2D eigenvalue weighted by Crippen LogP contribution is -2.16. The van der Waals surface area contributed by atoms with Crippen LogP contribution in [0.1, 0.15) is 22.5 Å². The van der Waals surface area contributed by atoms with Gasteiger partial charge in [0, 0.05) is 6.20 Å². The van der Waals surface area contributed by atoms with E-state index in [9.17, 15) is 9.59 Å². The van der Waals surface area contributed by atoms with Gasteiger partial charge in [0.2, 0.25) is 5.78 Å². The molecular formula is C16H17NO4. The fraction of sp³-hybridized carbons (Fsp3) is 0.250. The number of carbonyl (C=O) groups is 2. The highest BCUT2D eigenvalue weighted by Crippen LogP contribution is 2.16. The SMILES string of the molecule is Cc1ccccc1OCCC(=O)OCC(=O)c1ccc[nH]1. The van der Waals surface area contributed by atoms with Crippen molar-refractivity contribution in [1.29, 1.82) is 0 Å². The van der Waals surface area contributed by atoms with Crippen molar-refractivity contribution in [2.24, 2.45) is 0 Å². The molecule has 0 amide bonds. The number of aryl methyl sites for hydroxylation is 1. The number of ether oxygens (including phenoxy) is 2. The molecule has 0 aliphatic carbocycles. The van der Waals surface area contributed by atoms with Crippen LogP contribution in [0, 0.1) is 6.92 Å². The van der Waals surface area contributed by atoms with Crippen LogP contribution >= 0.6 is 0 Å². The highest BCUT2D eigenvalue weighted by molar-refractivity contribution is 5.96. The summed E-state index contributed by atoms with van der Waals surface area (Å²) in [4.78, 5) is 25.9. The minimum absolute atomic E-state index is 0.104. The van der Waals surface area contributed by atoms with Crippen LogP contribution in [0.25, 0.3) is 0 Å². The van der Waals surface area contributed by atoms with E-state index in [1.54, 1.807) is 18.3 Å². The number of nitrogens with one attached hydrogen (secondary N) is 1. The summed E-state index contributed by atoms with van der Waals surface area (Å²) >= 11 is 0. The van der Waals surface area contributed by atoms with Gasteiger partial charge in [0.15, 0.2) is 6.61 Å². The number of hydrogen-bond donors (Lipinski definition) is 1. The first-order chi connectivity index (χ1) is 10.2. The van der Waals surface area contributed by atoms with Gasteiger partial charge in [0.1, 0.15) is 5.75 Å². The van der Waals surface area contributed by atoms with Gasteiger partial charge in [-0.25, -0.2) is 0 Å². The summed E-state index contributed by atoms with van der Waals surface area (Å²) in [5, 5.41) is 0. The molecular weight excluding hydrogens is 270 g/mol. The number of esters is 1. The molecule has 0 saturated carbocycles. The molecule has 2 rings (SSSR count). The van der Waals surface area contributed by atoms with Crippen LogP contribution in [-0.2, 0) is 9.53 Å². The molecule has 0 unspecified atom stereocenters. The number of hydrogen-bond acceptors (Lipinski definition) is 4. The number of Topliss-reactive ketones (excluding diaryl/α,β-unsaturated/α-hetero) is 1. The molecule has 5 heteroatoms. The van der Waals surface area contributed by atoms with Crippen molar-refractivity contribution >= 4 is 11.8 Å². The van der Waals surface area contributed by atoms with E-state index < -0.39 is 5.97 Å². The van der Waals surface area contributed by atoms with Gasteiger partial charge in [0.05, 0.1) is 18.7 Å². The molecule has 0 spiro atoms. The summed E-state index contributed by atoms with van der Waals surface area (Å²) in [5.74, 6) is 0.0319. The normalized spacial score (nSPS) is 10.1. The molecule has 0 bridgehead atoms. The maximum Gasteiger partial charge on any atom is 0.309 e. The quantitative estimate of drug-likeness (QED) is 0.627. The highest BCUT2D eigenvalue weighted by atomic mass is 16.5. The van der Waals surface area contributed by atoms with E-state index in [-0.39, 0.29) is 25.4 Å². The molecule has 0 fully saturated rings. The van der Waals surface area contributed by atoms with Crippen LogP contribution < -0.4 is 4.74 Å². The largest absolute Gasteiger partial charge is 0.493 e. The Hall–Kier alpha value is -2.56. The fourth-order valence-corrected chi connectivity index (χ4v) is 1.76. The summed E-state index contributed by atoms with van der Waals surface area (Å²) in [6.07, 6.45) is 1.75. The summed E-state index contributed by atoms with van der Waals surface area (Å²) < 4.78 is 10.4. The third kappa shape index (κ3) is 4.49. The monoisotopic (exact) mass is 287 g/mol. The van der Waals surface area contributed by atoms with Crippen molar-refractivity contribution in [1.82, 2.24) is 4.98 Å². The van der Waals surface area contributed by atoms with Gasteiger partial charge in [-0.05, 0) is 30.7 Å². The second-order valence-electron chi connectivity index (χ2n) is 4.53. The average Bonchev–Trinajstić information content (AvgIpc) is 3.01. The molecule has 1 aromatic carbocycles. The number of carbonyl (C=O) groups excluding carboxylic acids is 2. The third-order valence-corrected chi connectivity index (χ3v) is 2.92. The number of aromatic nitrogens is 1. The lowest BCUT2D eigenvalue weighted by Gasteiger charge is -2.08. The maximum absolute atomic E-state index is 11.6. The van der Waals surface area contributed by atoms with E-state index >= 15 is 0 Å². The van der Waals surface area contributed by atoms with Crippen molar-refractivity contribution in [2.75, 3.05) is 13.2 Å². The number of rotatable bonds is 7. The Balaban J connectivity index is 1.68. The van der Waals surface area contributed by atoms with Gasteiger partial charge in [0.25, 0.3) is 0 Å². The van der Waals surface area contributed by atoms with Crippen molar-refractivity contribution < 1.29 is 19.1 Å². The van der Waals surface area contributed by atoms with E-state index in [1.807, 2.05) is 31.2 Å². The van der Waals surface area contributed by atoms with Gasteiger partial charge in [-0.3, -0.25) is 9.59 Å². The van der Waals surface area contributed by atoms with Crippen molar-refractivity contribution in [2.45, 2.75) is 13.3 Å². The predicted octanol–water partition coefficient (Wildman–Crippen LogP) is 2.52. The van der Waals surface area contributed by atoms with Gasteiger partial charge in [-0.1, -0.05) is 18.2 Å². The first-order valence-corrected chi connectivity index (χ1v) is 6.67. The molecule has 0 aliphatic rings. The lowest BCUT2D eigenvalue weighted by atomic mass is 10.2. The van der Waals surface area contributed by atoms with Gasteiger partial charge < -0.3 is 14.5 Å². The van der Waals surface area contributed by atoms with Crippen LogP contribution in [0.15, 0.2) is 42.6 Å². The summed E-state index contributed by atoms with van der Waals surface area (Å²) in [7, 11) is 0. The minimum Gasteiger partial charge on any atom is -0.493 e. The Morgan fingerprint density at radius 1 is 1.14 bits per heavy atom. The van der Waals surface area contributed by atoms with Crippen LogP contribution in [0.4, 0.5) is 0 Å². The zero-order valence-electron chi connectivity index (χ0n) is 11.8. The summed E-state index contributed by atoms with van der Waals surface area (Å²) in [5.41, 5.74) is 1.44. The highest BCUT2D eigenvalue weighted by Gasteiger charge is 2.10. The fourth-order valence-electron chi connectivity index (χ4n) is 1.76. The number of benzene rings is 1. The molecule has 1 heterocycles. The molecule has 5 nitrogen and oxygen atoms in total. The zero-order valence-corrected chi connectivity index (χ0v) is 11.8. The first-order valence-electron chi connectivity index (χ1n) is 6.67. The Kier molecular flexibility index (Phi) is 5.15. The number of ketones is 1. The predicted molar refractivity (Wildman–Crippen MR) is 77.4 cm³/mol. The van der Waals surface area contributed by atoms with Crippen LogP contribution in [-0.4, -0.2) is 30.0 Å². The molecule has 0 aliphatic heterocycles. The third-order valence-electron chi connectivity index (χ3n) is 2.92. The van der Waals surface area contributed by atoms with Gasteiger partial charge in [-0.2, -0.15) is 0 Å². The second kappa shape index (κ2) is 7.28. The van der Waals surface area contributed by atoms with E-state index in [0.29, 0.717) is 5.69 Å². The number of H-pyrrole nitrogens is 1. The summed E-state index contributed by atoms with van der Waals surface area (Å²) in [6, 6.07) is 10.9. The van der Waals surface area contributed by atoms with E-state index in [1.165, 1.54) is 0 Å². The zero-order chi connectivity index (χ0) is 15.1. The Morgan fingerprint density at radius 2 is 1.95 bits per heavy atom. The van der Waals surface area contributed by atoms with Gasteiger partial charge in [-0.15, -0.1) is 0 Å². The molecule has 21 heavy (non-hydrogen) atoms.